The van der Waals surface area contributed by atoms with Crippen LogP contribution in [0.3, 0.4) is 0 Å². The van der Waals surface area contributed by atoms with E-state index in [1.54, 1.807) is 23.1 Å². The van der Waals surface area contributed by atoms with Gasteiger partial charge in [-0.15, -0.1) is 0 Å². The lowest BCUT2D eigenvalue weighted by molar-refractivity contribution is -0.117. The lowest BCUT2D eigenvalue weighted by atomic mass is 9.84. The summed E-state index contributed by atoms with van der Waals surface area (Å²) in [6.07, 6.45) is 1.46. The van der Waals surface area contributed by atoms with Crippen LogP contribution >= 0.6 is 0 Å². The van der Waals surface area contributed by atoms with Crippen molar-refractivity contribution in [3.05, 3.63) is 65.5 Å². The van der Waals surface area contributed by atoms with E-state index in [1.165, 1.54) is 6.07 Å². The Hall–Kier alpha value is -2.89. The first-order valence-corrected chi connectivity index (χ1v) is 9.53. The smallest absolute Gasteiger partial charge is 0.315 e. The minimum absolute atomic E-state index is 0.137. The minimum Gasteiger partial charge on any atom is -0.337 e. The average molecular weight is 383 g/mol. The molecular weight excluding hydrogens is 357 g/mol. The van der Waals surface area contributed by atoms with Crippen LogP contribution < -0.4 is 15.5 Å². The Morgan fingerprint density at radius 1 is 1.14 bits per heavy atom. The van der Waals surface area contributed by atoms with Gasteiger partial charge in [-0.05, 0) is 35.7 Å². The largest absolute Gasteiger partial charge is 0.337 e. The fourth-order valence-electron chi connectivity index (χ4n) is 3.41. The molecule has 0 unspecified atom stereocenters. The van der Waals surface area contributed by atoms with Crippen LogP contribution in [0.2, 0.25) is 0 Å². The number of halogens is 1. The molecule has 1 saturated heterocycles. The van der Waals surface area contributed by atoms with Gasteiger partial charge in [-0.25, -0.2) is 9.18 Å². The molecular formula is C22H26FN3O2. The highest BCUT2D eigenvalue weighted by Crippen LogP contribution is 2.25. The predicted molar refractivity (Wildman–Crippen MR) is 108 cm³/mol. The summed E-state index contributed by atoms with van der Waals surface area (Å²) in [4.78, 5) is 25.9. The van der Waals surface area contributed by atoms with Gasteiger partial charge in [0.05, 0.1) is 0 Å². The van der Waals surface area contributed by atoms with Gasteiger partial charge in [0.15, 0.2) is 0 Å². The number of anilines is 1. The van der Waals surface area contributed by atoms with Crippen molar-refractivity contribution < 1.29 is 14.0 Å². The number of rotatable bonds is 6. The molecule has 0 aliphatic carbocycles. The second kappa shape index (κ2) is 8.42. The molecule has 0 atom stereocenters. The molecule has 5 nitrogen and oxygen atoms in total. The first kappa shape index (κ1) is 19.9. The van der Waals surface area contributed by atoms with Gasteiger partial charge >= 0.3 is 6.03 Å². The number of urea groups is 1. The number of benzene rings is 2. The highest BCUT2D eigenvalue weighted by molar-refractivity contribution is 5.95. The lowest BCUT2D eigenvalue weighted by Gasteiger charge is -2.26. The number of hydrogen-bond acceptors (Lipinski definition) is 2. The molecule has 0 bridgehead atoms. The maximum atomic E-state index is 14.0. The van der Waals surface area contributed by atoms with Crippen LogP contribution in [-0.4, -0.2) is 25.0 Å². The van der Waals surface area contributed by atoms with E-state index in [0.29, 0.717) is 25.1 Å². The molecule has 2 aromatic carbocycles. The van der Waals surface area contributed by atoms with E-state index >= 15 is 0 Å². The summed E-state index contributed by atoms with van der Waals surface area (Å²) < 4.78 is 14.0. The van der Waals surface area contributed by atoms with Crippen LogP contribution in [0.15, 0.2) is 48.5 Å². The van der Waals surface area contributed by atoms with E-state index in [0.717, 1.165) is 24.2 Å². The van der Waals surface area contributed by atoms with E-state index in [-0.39, 0.29) is 17.8 Å². The molecule has 1 aliphatic heterocycles. The summed E-state index contributed by atoms with van der Waals surface area (Å²) in [7, 11) is 0. The second-order valence-electron chi connectivity index (χ2n) is 7.72. The molecule has 0 aromatic heterocycles. The molecule has 3 amide bonds. The van der Waals surface area contributed by atoms with Crippen molar-refractivity contribution in [2.24, 2.45) is 0 Å². The number of amides is 3. The fraction of sp³-hybridized carbons (Fsp3) is 0.364. The average Bonchev–Trinajstić information content (AvgIpc) is 3.11. The molecule has 3 rings (SSSR count). The molecule has 1 fully saturated rings. The van der Waals surface area contributed by atoms with Crippen LogP contribution in [0.1, 0.15) is 37.8 Å². The van der Waals surface area contributed by atoms with Gasteiger partial charge in [0.1, 0.15) is 5.82 Å². The monoisotopic (exact) mass is 383 g/mol. The lowest BCUT2D eigenvalue weighted by Crippen LogP contribution is -2.42. The Kier molecular flexibility index (Phi) is 5.97. The summed E-state index contributed by atoms with van der Waals surface area (Å²) in [6.45, 7) is 5.18. The summed E-state index contributed by atoms with van der Waals surface area (Å²) in [6, 6.07) is 13.9. The predicted octanol–water partition coefficient (Wildman–Crippen LogP) is 3.73. The summed E-state index contributed by atoms with van der Waals surface area (Å²) in [5.74, 6) is -0.138. The molecule has 28 heavy (non-hydrogen) atoms. The van der Waals surface area contributed by atoms with Crippen molar-refractivity contribution in [1.29, 1.82) is 0 Å². The number of carbonyl (C=O) groups excluding carboxylic acids is 2. The van der Waals surface area contributed by atoms with Crippen molar-refractivity contribution >= 4 is 17.6 Å². The van der Waals surface area contributed by atoms with Crippen LogP contribution in [0.4, 0.5) is 14.9 Å². The zero-order chi connectivity index (χ0) is 20.1. The van der Waals surface area contributed by atoms with Crippen molar-refractivity contribution in [2.45, 2.75) is 38.6 Å². The zero-order valence-electron chi connectivity index (χ0n) is 16.3. The van der Waals surface area contributed by atoms with Crippen molar-refractivity contribution in [1.82, 2.24) is 10.6 Å². The Labute approximate surface area is 164 Å². The topological polar surface area (TPSA) is 61.4 Å². The van der Waals surface area contributed by atoms with E-state index < -0.39 is 5.41 Å². The number of nitrogens with one attached hydrogen (secondary N) is 2. The van der Waals surface area contributed by atoms with Crippen LogP contribution in [-0.2, 0) is 16.8 Å². The second-order valence-corrected chi connectivity index (χ2v) is 7.72. The number of hydrogen-bond donors (Lipinski definition) is 2. The van der Waals surface area contributed by atoms with E-state index in [1.807, 2.05) is 38.1 Å². The van der Waals surface area contributed by atoms with E-state index in [4.69, 9.17) is 0 Å². The summed E-state index contributed by atoms with van der Waals surface area (Å²) >= 11 is 0. The molecule has 6 heteroatoms. The van der Waals surface area contributed by atoms with Gasteiger partial charge < -0.3 is 15.5 Å². The fourth-order valence-corrected chi connectivity index (χ4v) is 3.41. The van der Waals surface area contributed by atoms with Crippen molar-refractivity contribution in [3.8, 4) is 0 Å². The standard InChI is InChI=1S/C22H26FN3O2/c1-22(2,18-9-3-4-10-19(18)23)15-25-21(28)24-14-16-7-5-8-17(13-16)26-12-6-11-20(26)27/h3-5,7-10,13H,6,11-12,14-15H2,1-2H3,(H2,24,25,28). The highest BCUT2D eigenvalue weighted by atomic mass is 19.1. The number of nitrogens with zero attached hydrogens (tertiary/aromatic N) is 1. The van der Waals surface area contributed by atoms with Gasteiger partial charge in [-0.3, -0.25) is 4.79 Å². The zero-order valence-corrected chi connectivity index (χ0v) is 16.3. The van der Waals surface area contributed by atoms with E-state index in [2.05, 4.69) is 10.6 Å². The minimum atomic E-state index is -0.529. The van der Waals surface area contributed by atoms with E-state index in [9.17, 15) is 14.0 Å². The Bertz CT molecular complexity index is 866. The van der Waals surface area contributed by atoms with Crippen molar-refractivity contribution in [3.63, 3.8) is 0 Å². The van der Waals surface area contributed by atoms with Crippen LogP contribution in [0.25, 0.3) is 0 Å². The van der Waals surface area contributed by atoms with Gasteiger partial charge in [-0.2, -0.15) is 0 Å². The molecule has 1 heterocycles. The highest BCUT2D eigenvalue weighted by Gasteiger charge is 2.24. The first-order valence-electron chi connectivity index (χ1n) is 9.53. The Morgan fingerprint density at radius 2 is 1.93 bits per heavy atom. The van der Waals surface area contributed by atoms with Gasteiger partial charge in [0, 0.05) is 37.2 Å². The third-order valence-electron chi connectivity index (χ3n) is 5.04. The molecule has 0 saturated carbocycles. The molecule has 2 aromatic rings. The Morgan fingerprint density at radius 3 is 2.64 bits per heavy atom. The maximum Gasteiger partial charge on any atom is 0.315 e. The van der Waals surface area contributed by atoms with Gasteiger partial charge in [0.2, 0.25) is 5.91 Å². The van der Waals surface area contributed by atoms with Crippen LogP contribution in [0.5, 0.6) is 0 Å². The summed E-state index contributed by atoms with van der Waals surface area (Å²) in [5, 5.41) is 5.63. The first-order chi connectivity index (χ1) is 13.4. The third-order valence-corrected chi connectivity index (χ3v) is 5.04. The molecule has 148 valence electrons. The SMILES string of the molecule is CC(C)(CNC(=O)NCc1cccc(N2CCCC2=O)c1)c1ccccc1F. The normalized spacial score (nSPS) is 14.2. The van der Waals surface area contributed by atoms with Gasteiger partial charge in [0.25, 0.3) is 0 Å². The molecule has 0 radical (unpaired) electrons. The van der Waals surface area contributed by atoms with Crippen LogP contribution in [0, 0.1) is 5.82 Å². The molecule has 1 aliphatic rings. The quantitative estimate of drug-likeness (QED) is 0.798. The Balaban J connectivity index is 1.53. The molecule has 0 spiro atoms. The maximum absolute atomic E-state index is 14.0. The third kappa shape index (κ3) is 4.68. The summed E-state index contributed by atoms with van der Waals surface area (Å²) in [5.41, 5.74) is 1.82. The molecule has 2 N–H and O–H groups in total. The van der Waals surface area contributed by atoms with Crippen molar-refractivity contribution in [2.75, 3.05) is 18.0 Å². The number of carbonyl (C=O) groups is 2. The van der Waals surface area contributed by atoms with Gasteiger partial charge in [-0.1, -0.05) is 44.2 Å².